The van der Waals surface area contributed by atoms with Gasteiger partial charge in [0.25, 0.3) is 5.91 Å². The Morgan fingerprint density at radius 2 is 2.05 bits per heavy atom. The predicted octanol–water partition coefficient (Wildman–Crippen LogP) is 0.368. The van der Waals surface area contributed by atoms with Gasteiger partial charge in [-0.15, -0.1) is 11.8 Å². The lowest BCUT2D eigenvalue weighted by Gasteiger charge is -2.03. The summed E-state index contributed by atoms with van der Waals surface area (Å²) in [6, 6.07) is 0. The van der Waals surface area contributed by atoms with Crippen LogP contribution in [0.1, 0.15) is 27.6 Å². The Kier molecular flexibility index (Phi) is 4.40. The van der Waals surface area contributed by atoms with Crippen LogP contribution in [0.5, 0.6) is 0 Å². The summed E-state index contributed by atoms with van der Waals surface area (Å²) in [5.74, 6) is -1.09. The molecule has 2 rings (SSSR count). The van der Waals surface area contributed by atoms with Crippen molar-refractivity contribution in [2.75, 3.05) is 24.3 Å². The molecule has 0 amide bonds. The first kappa shape index (κ1) is 15.9. The van der Waals surface area contributed by atoms with E-state index in [0.717, 1.165) is 4.68 Å². The summed E-state index contributed by atoms with van der Waals surface area (Å²) in [5, 5.41) is 8.28. The molecule has 0 atom stereocenters. The zero-order valence-electron chi connectivity index (χ0n) is 12.4. The number of esters is 1. The number of carbonyl (C=O) groups is 2. The Balaban J connectivity index is 2.51. The van der Waals surface area contributed by atoms with Gasteiger partial charge in [-0.25, -0.2) is 4.79 Å². The van der Waals surface area contributed by atoms with Crippen LogP contribution < -0.4 is 11.5 Å². The summed E-state index contributed by atoms with van der Waals surface area (Å²) in [5.41, 5.74) is 11.9. The molecule has 0 spiro atoms. The maximum absolute atomic E-state index is 12.5. The first-order valence-electron chi connectivity index (χ1n) is 6.34. The maximum Gasteiger partial charge on any atom is 0.344 e. The Bertz CT molecular complexity index is 736. The minimum Gasteiger partial charge on any atom is -0.462 e. The van der Waals surface area contributed by atoms with Crippen LogP contribution in [0.4, 0.5) is 11.6 Å². The highest BCUT2D eigenvalue weighted by Gasteiger charge is 2.27. The van der Waals surface area contributed by atoms with Gasteiger partial charge in [-0.2, -0.15) is 14.9 Å². The number of nitrogens with zero attached hydrogens (tertiary/aromatic N) is 4. The van der Waals surface area contributed by atoms with Crippen LogP contribution in [0.15, 0.2) is 11.2 Å². The quantitative estimate of drug-likeness (QED) is 0.609. The lowest BCUT2D eigenvalue weighted by molar-refractivity contribution is 0.0523. The zero-order valence-corrected chi connectivity index (χ0v) is 13.2. The minimum absolute atomic E-state index is 0.0742. The van der Waals surface area contributed by atoms with Gasteiger partial charge in [-0.3, -0.25) is 9.48 Å². The molecule has 0 fully saturated rings. The smallest absolute Gasteiger partial charge is 0.344 e. The van der Waals surface area contributed by atoms with Gasteiger partial charge < -0.3 is 16.2 Å². The fourth-order valence-corrected chi connectivity index (χ4v) is 2.38. The van der Waals surface area contributed by atoms with Crippen molar-refractivity contribution in [3.63, 3.8) is 0 Å². The molecule has 2 heterocycles. The van der Waals surface area contributed by atoms with Gasteiger partial charge in [0.2, 0.25) is 0 Å². The molecule has 0 aliphatic heterocycles. The van der Waals surface area contributed by atoms with Crippen LogP contribution in [0.2, 0.25) is 0 Å². The summed E-state index contributed by atoms with van der Waals surface area (Å²) >= 11 is 1.19. The number of hydrogen-bond acceptors (Lipinski definition) is 8. The number of thioether (sulfide) groups is 1. The van der Waals surface area contributed by atoms with Gasteiger partial charge in [0.15, 0.2) is 0 Å². The maximum atomic E-state index is 12.5. The number of anilines is 2. The van der Waals surface area contributed by atoms with Crippen LogP contribution in [0, 0.1) is 0 Å². The molecule has 0 aliphatic carbocycles. The highest BCUT2D eigenvalue weighted by atomic mass is 32.2. The van der Waals surface area contributed by atoms with E-state index in [4.69, 9.17) is 16.2 Å². The number of carbonyl (C=O) groups excluding carboxylic acids is 2. The Morgan fingerprint density at radius 3 is 2.55 bits per heavy atom. The molecular weight excluding hydrogens is 308 g/mol. The third kappa shape index (κ3) is 2.52. The summed E-state index contributed by atoms with van der Waals surface area (Å²) in [4.78, 5) is 24.5. The number of hydrogen-bond donors (Lipinski definition) is 2. The van der Waals surface area contributed by atoms with E-state index in [1.54, 1.807) is 20.2 Å². The Morgan fingerprint density at radius 1 is 1.36 bits per heavy atom. The largest absolute Gasteiger partial charge is 0.462 e. The molecule has 10 heteroatoms. The van der Waals surface area contributed by atoms with Gasteiger partial charge in [0.05, 0.1) is 12.8 Å². The molecule has 0 saturated carbocycles. The van der Waals surface area contributed by atoms with Crippen molar-refractivity contribution in [2.24, 2.45) is 7.05 Å². The van der Waals surface area contributed by atoms with Crippen molar-refractivity contribution in [1.29, 1.82) is 0 Å². The van der Waals surface area contributed by atoms with E-state index in [9.17, 15) is 9.59 Å². The molecule has 4 N–H and O–H groups in total. The van der Waals surface area contributed by atoms with Gasteiger partial charge in [0.1, 0.15) is 27.8 Å². The molecule has 22 heavy (non-hydrogen) atoms. The van der Waals surface area contributed by atoms with E-state index in [1.165, 1.54) is 22.6 Å². The molecule has 0 bridgehead atoms. The number of aromatic nitrogens is 4. The number of rotatable bonds is 4. The van der Waals surface area contributed by atoms with E-state index in [0.29, 0.717) is 5.03 Å². The lowest BCUT2D eigenvalue weighted by Crippen LogP contribution is -2.18. The number of aryl methyl sites for hydroxylation is 1. The van der Waals surface area contributed by atoms with Crippen LogP contribution in [0.3, 0.4) is 0 Å². The van der Waals surface area contributed by atoms with Crippen LogP contribution in [-0.4, -0.2) is 44.3 Å². The number of nitrogen functional groups attached to an aromatic ring is 2. The van der Waals surface area contributed by atoms with Crippen LogP contribution >= 0.6 is 11.8 Å². The van der Waals surface area contributed by atoms with Crippen molar-refractivity contribution < 1.29 is 14.3 Å². The first-order chi connectivity index (χ1) is 10.4. The van der Waals surface area contributed by atoms with Crippen molar-refractivity contribution in [1.82, 2.24) is 19.6 Å². The van der Waals surface area contributed by atoms with Crippen molar-refractivity contribution in [3.8, 4) is 0 Å². The lowest BCUT2D eigenvalue weighted by atomic mass is 10.3. The normalized spacial score (nSPS) is 10.7. The van der Waals surface area contributed by atoms with Gasteiger partial charge in [-0.1, -0.05) is 0 Å². The Labute approximate surface area is 130 Å². The average Bonchev–Trinajstić information content (AvgIpc) is 2.99. The van der Waals surface area contributed by atoms with E-state index in [1.807, 2.05) is 0 Å². The van der Waals surface area contributed by atoms with E-state index >= 15 is 0 Å². The van der Waals surface area contributed by atoms with Crippen LogP contribution in [-0.2, 0) is 11.8 Å². The van der Waals surface area contributed by atoms with Gasteiger partial charge >= 0.3 is 5.97 Å². The number of nitrogens with two attached hydrogens (primary N) is 2. The molecule has 2 aromatic rings. The number of ether oxygens (including phenoxy) is 1. The second-order valence-corrected chi connectivity index (χ2v) is 5.07. The van der Waals surface area contributed by atoms with Gasteiger partial charge in [-0.05, 0) is 13.2 Å². The topological polar surface area (TPSA) is 131 Å². The molecule has 0 saturated heterocycles. The highest BCUT2D eigenvalue weighted by Crippen LogP contribution is 2.26. The fourth-order valence-electron chi connectivity index (χ4n) is 1.83. The molecule has 2 aromatic heterocycles. The monoisotopic (exact) mass is 324 g/mol. The minimum atomic E-state index is -0.623. The predicted molar refractivity (Wildman–Crippen MR) is 81.7 cm³/mol. The second kappa shape index (κ2) is 6.10. The second-order valence-electron chi connectivity index (χ2n) is 4.27. The molecule has 118 valence electrons. The molecule has 0 unspecified atom stereocenters. The van der Waals surface area contributed by atoms with E-state index < -0.39 is 11.9 Å². The van der Waals surface area contributed by atoms with E-state index in [2.05, 4.69) is 10.2 Å². The third-order valence-electron chi connectivity index (χ3n) is 2.97. The van der Waals surface area contributed by atoms with Gasteiger partial charge in [0, 0.05) is 7.05 Å². The molecule has 0 aromatic carbocycles. The average molecular weight is 324 g/mol. The molecule has 0 radical (unpaired) electrons. The molecule has 9 nitrogen and oxygen atoms in total. The summed E-state index contributed by atoms with van der Waals surface area (Å²) in [6.45, 7) is 1.87. The Hall–Kier alpha value is -2.49. The van der Waals surface area contributed by atoms with Crippen LogP contribution in [0.25, 0.3) is 0 Å². The zero-order chi connectivity index (χ0) is 16.4. The van der Waals surface area contributed by atoms with Crippen molar-refractivity contribution in [2.45, 2.75) is 11.9 Å². The van der Waals surface area contributed by atoms with Crippen molar-refractivity contribution >= 4 is 35.3 Å². The first-order valence-corrected chi connectivity index (χ1v) is 7.56. The SMILES string of the molecule is CCOC(=O)c1c(SC)nn(C(=O)c2cnn(C)c2N)c1N. The highest BCUT2D eigenvalue weighted by molar-refractivity contribution is 7.98. The standard InChI is InChI=1S/C12H16N6O3S/c1-4-21-12(20)7-9(14)18(16-10(7)22-3)11(19)6-5-15-17(2)8(6)13/h5H,4,13-14H2,1-3H3. The van der Waals surface area contributed by atoms with Crippen molar-refractivity contribution in [3.05, 3.63) is 17.3 Å². The summed E-state index contributed by atoms with van der Waals surface area (Å²) in [6.07, 6.45) is 3.04. The molecular formula is C12H16N6O3S. The van der Waals surface area contributed by atoms with E-state index in [-0.39, 0.29) is 29.4 Å². The third-order valence-corrected chi connectivity index (χ3v) is 3.64. The fraction of sp³-hybridized carbons (Fsp3) is 0.333. The molecule has 0 aliphatic rings. The summed E-state index contributed by atoms with van der Waals surface area (Å²) in [7, 11) is 1.61. The summed E-state index contributed by atoms with van der Waals surface area (Å²) < 4.78 is 7.23.